The van der Waals surface area contributed by atoms with Crippen LogP contribution in [0.4, 0.5) is 11.6 Å². The van der Waals surface area contributed by atoms with E-state index >= 15 is 0 Å². The van der Waals surface area contributed by atoms with Crippen molar-refractivity contribution in [2.75, 3.05) is 24.9 Å². The standard InChI is InChI=1S/C38H42N4O5/c1-23-19-29-30(38(4,5)47-37(29,2)3)21-27(23)20-28-17-18-31(46-28)33(43)40-32-34(44-6)41-36(42-35(32)45-7)39-22-24-13-15-26(16-14-24)25-11-9-8-10-12-25/h8-19,21,33,40,43H,20,22H2,1-7H3,(H,39,41,42). The molecule has 0 fully saturated rings. The molecule has 2 aromatic heterocycles. The summed E-state index contributed by atoms with van der Waals surface area (Å²) in [6.45, 7) is 11.0. The molecule has 0 saturated heterocycles. The maximum atomic E-state index is 11.1. The molecule has 9 nitrogen and oxygen atoms in total. The Hall–Kier alpha value is -4.86. The van der Waals surface area contributed by atoms with Crippen LogP contribution >= 0.6 is 0 Å². The highest BCUT2D eigenvalue weighted by molar-refractivity contribution is 5.64. The van der Waals surface area contributed by atoms with E-state index in [1.165, 1.54) is 36.5 Å². The Labute approximate surface area is 276 Å². The molecule has 0 spiro atoms. The predicted molar refractivity (Wildman–Crippen MR) is 183 cm³/mol. The first-order valence-electron chi connectivity index (χ1n) is 15.7. The number of nitrogens with one attached hydrogen (secondary N) is 2. The summed E-state index contributed by atoms with van der Waals surface area (Å²) in [5, 5.41) is 17.4. The fourth-order valence-corrected chi connectivity index (χ4v) is 6.26. The molecule has 1 unspecified atom stereocenters. The van der Waals surface area contributed by atoms with E-state index in [2.05, 4.69) is 104 Å². The number of hydrogen-bond acceptors (Lipinski definition) is 9. The molecule has 3 N–H and O–H groups in total. The van der Waals surface area contributed by atoms with E-state index in [1.54, 1.807) is 6.07 Å². The van der Waals surface area contributed by atoms with Gasteiger partial charge in [-0.3, -0.25) is 0 Å². The highest BCUT2D eigenvalue weighted by Crippen LogP contribution is 2.47. The number of aryl methyl sites for hydroxylation is 1. The number of aliphatic hydroxyl groups is 1. The van der Waals surface area contributed by atoms with Gasteiger partial charge in [-0.2, -0.15) is 9.97 Å². The zero-order valence-corrected chi connectivity index (χ0v) is 28.0. The summed E-state index contributed by atoms with van der Waals surface area (Å²) < 4.78 is 23.6. The van der Waals surface area contributed by atoms with Gasteiger partial charge in [-0.1, -0.05) is 66.7 Å². The van der Waals surface area contributed by atoms with Crippen molar-refractivity contribution in [2.24, 2.45) is 0 Å². The van der Waals surface area contributed by atoms with Crippen LogP contribution in [0, 0.1) is 6.92 Å². The topological polar surface area (TPSA) is 111 Å². The van der Waals surface area contributed by atoms with Gasteiger partial charge < -0.3 is 34.4 Å². The smallest absolute Gasteiger partial charge is 0.246 e. The molecule has 6 rings (SSSR count). The number of aliphatic hydroxyl groups excluding tert-OH is 1. The van der Waals surface area contributed by atoms with Crippen molar-refractivity contribution in [3.8, 4) is 22.9 Å². The van der Waals surface area contributed by atoms with Crippen LogP contribution in [0.25, 0.3) is 11.1 Å². The summed E-state index contributed by atoms with van der Waals surface area (Å²) in [6.07, 6.45) is -0.626. The van der Waals surface area contributed by atoms with E-state index in [4.69, 9.17) is 18.6 Å². The van der Waals surface area contributed by atoms with Gasteiger partial charge in [0.25, 0.3) is 0 Å². The van der Waals surface area contributed by atoms with E-state index in [0.29, 0.717) is 30.4 Å². The third-order valence-corrected chi connectivity index (χ3v) is 8.62. The van der Waals surface area contributed by atoms with Crippen molar-refractivity contribution in [3.05, 3.63) is 118 Å². The summed E-state index contributed by atoms with van der Waals surface area (Å²) >= 11 is 0. The van der Waals surface area contributed by atoms with Crippen LogP contribution in [0.15, 0.2) is 83.3 Å². The molecule has 1 aliphatic rings. The molecule has 0 radical (unpaired) electrons. The molecule has 1 atom stereocenters. The largest absolute Gasteiger partial charge is 0.479 e. The zero-order chi connectivity index (χ0) is 33.3. The van der Waals surface area contributed by atoms with Crippen molar-refractivity contribution >= 4 is 11.6 Å². The fraction of sp³-hybridized carbons (Fsp3) is 0.316. The minimum absolute atomic E-state index is 0.214. The molecule has 3 heterocycles. The van der Waals surface area contributed by atoms with Gasteiger partial charge in [0.2, 0.25) is 17.7 Å². The molecule has 244 valence electrons. The molecule has 47 heavy (non-hydrogen) atoms. The number of anilines is 2. The van der Waals surface area contributed by atoms with Crippen molar-refractivity contribution in [1.82, 2.24) is 9.97 Å². The molecule has 0 aliphatic carbocycles. The lowest BCUT2D eigenvalue weighted by Gasteiger charge is -2.24. The summed E-state index contributed by atoms with van der Waals surface area (Å²) in [4.78, 5) is 9.02. The molecular formula is C38H42N4O5. The van der Waals surface area contributed by atoms with E-state index in [1.807, 2.05) is 24.3 Å². The normalized spacial score (nSPS) is 15.1. The SMILES string of the molecule is COc1nc(NCc2ccc(-c3ccccc3)cc2)nc(OC)c1NC(O)c1ccc(Cc2cc3c(cc2C)C(C)(C)OC3(C)C)o1. The first-order valence-corrected chi connectivity index (χ1v) is 15.7. The Bertz CT molecular complexity index is 1840. The average molecular weight is 635 g/mol. The second kappa shape index (κ2) is 12.7. The minimum Gasteiger partial charge on any atom is -0.479 e. The number of furan rings is 1. The molecular weight excluding hydrogens is 592 g/mol. The lowest BCUT2D eigenvalue weighted by Crippen LogP contribution is -2.22. The van der Waals surface area contributed by atoms with E-state index in [-0.39, 0.29) is 23.0 Å². The van der Waals surface area contributed by atoms with Crippen LogP contribution < -0.4 is 20.1 Å². The number of nitrogens with zero attached hydrogens (tertiary/aromatic N) is 2. The molecule has 9 heteroatoms. The number of fused-ring (bicyclic) bond motifs is 1. The number of benzene rings is 3. The summed E-state index contributed by atoms with van der Waals surface area (Å²) in [5.41, 5.74) is 7.67. The second-order valence-corrected chi connectivity index (χ2v) is 12.8. The van der Waals surface area contributed by atoms with Gasteiger partial charge in [0.05, 0.1) is 25.4 Å². The van der Waals surface area contributed by atoms with E-state index in [0.717, 1.165) is 22.5 Å². The van der Waals surface area contributed by atoms with Crippen molar-refractivity contribution in [2.45, 2.75) is 65.0 Å². The van der Waals surface area contributed by atoms with Crippen LogP contribution in [0.1, 0.15) is 73.3 Å². The van der Waals surface area contributed by atoms with Crippen LogP contribution in [-0.2, 0) is 28.9 Å². The Morgan fingerprint density at radius 1 is 0.809 bits per heavy atom. The van der Waals surface area contributed by atoms with Crippen LogP contribution in [-0.4, -0.2) is 29.3 Å². The zero-order valence-electron chi connectivity index (χ0n) is 28.0. The Morgan fingerprint density at radius 3 is 2.06 bits per heavy atom. The Morgan fingerprint density at radius 2 is 1.43 bits per heavy atom. The van der Waals surface area contributed by atoms with Gasteiger partial charge in [0.15, 0.2) is 17.7 Å². The summed E-state index contributed by atoms with van der Waals surface area (Å²) in [6, 6.07) is 26.6. The molecule has 0 amide bonds. The third-order valence-electron chi connectivity index (χ3n) is 8.62. The van der Waals surface area contributed by atoms with Crippen LogP contribution in [0.3, 0.4) is 0 Å². The van der Waals surface area contributed by atoms with Gasteiger partial charge in [0.1, 0.15) is 5.76 Å². The average Bonchev–Trinajstić information content (AvgIpc) is 3.60. The van der Waals surface area contributed by atoms with E-state index < -0.39 is 6.23 Å². The number of ether oxygens (including phenoxy) is 3. The van der Waals surface area contributed by atoms with Crippen LogP contribution in [0.5, 0.6) is 11.8 Å². The van der Waals surface area contributed by atoms with Crippen molar-refractivity contribution < 1.29 is 23.7 Å². The fourth-order valence-electron chi connectivity index (χ4n) is 6.26. The molecule has 0 bridgehead atoms. The third kappa shape index (κ3) is 6.68. The van der Waals surface area contributed by atoms with Gasteiger partial charge in [-0.05, 0) is 85.7 Å². The molecule has 1 aliphatic heterocycles. The lowest BCUT2D eigenvalue weighted by molar-refractivity contribution is -0.105. The summed E-state index contributed by atoms with van der Waals surface area (Å²) in [5.74, 6) is 1.82. The minimum atomic E-state index is -1.20. The van der Waals surface area contributed by atoms with Gasteiger partial charge in [0, 0.05) is 13.0 Å². The Balaban J connectivity index is 1.14. The first-order chi connectivity index (χ1) is 22.5. The number of hydrogen-bond donors (Lipinski definition) is 3. The van der Waals surface area contributed by atoms with Crippen molar-refractivity contribution in [3.63, 3.8) is 0 Å². The predicted octanol–water partition coefficient (Wildman–Crippen LogP) is 7.87. The van der Waals surface area contributed by atoms with Gasteiger partial charge in [-0.15, -0.1) is 0 Å². The van der Waals surface area contributed by atoms with Crippen LogP contribution in [0.2, 0.25) is 0 Å². The van der Waals surface area contributed by atoms with Gasteiger partial charge >= 0.3 is 0 Å². The van der Waals surface area contributed by atoms with Crippen molar-refractivity contribution in [1.29, 1.82) is 0 Å². The lowest BCUT2D eigenvalue weighted by atomic mass is 9.86. The number of aromatic nitrogens is 2. The highest BCUT2D eigenvalue weighted by Gasteiger charge is 2.43. The summed E-state index contributed by atoms with van der Waals surface area (Å²) in [7, 11) is 3.01. The number of rotatable bonds is 11. The number of methoxy groups -OCH3 is 2. The monoisotopic (exact) mass is 634 g/mol. The maximum Gasteiger partial charge on any atom is 0.246 e. The molecule has 0 saturated carbocycles. The molecule has 5 aromatic rings. The van der Waals surface area contributed by atoms with Gasteiger partial charge in [-0.25, -0.2) is 0 Å². The Kier molecular flexibility index (Phi) is 8.70. The first kappa shape index (κ1) is 32.1. The quantitative estimate of drug-likeness (QED) is 0.125. The molecule has 3 aromatic carbocycles. The second-order valence-electron chi connectivity index (χ2n) is 12.8. The van der Waals surface area contributed by atoms with E-state index in [9.17, 15) is 5.11 Å². The highest BCUT2D eigenvalue weighted by atomic mass is 16.5. The maximum absolute atomic E-state index is 11.1.